The van der Waals surface area contributed by atoms with Gasteiger partial charge in [0.2, 0.25) is 0 Å². The summed E-state index contributed by atoms with van der Waals surface area (Å²) in [6, 6.07) is 50.3. The Hall–Kier alpha value is -7.24. The summed E-state index contributed by atoms with van der Waals surface area (Å²) in [6.07, 6.45) is 0. The molecule has 0 amide bonds. The minimum absolute atomic E-state index is 0.830. The Bertz CT molecular complexity index is 3690. The van der Waals surface area contributed by atoms with Gasteiger partial charge in [0.25, 0.3) is 0 Å². The first kappa shape index (κ1) is 27.5. The lowest BCUT2D eigenvalue weighted by atomic mass is 9.98. The smallest absolute Gasteiger partial charge is 0.147 e. The fraction of sp³-hybridized carbons (Fsp3) is 0. The molecular formula is C48H24O5. The lowest BCUT2D eigenvalue weighted by Gasteiger charge is -2.04. The van der Waals surface area contributed by atoms with Crippen LogP contribution in [0.25, 0.3) is 132 Å². The highest BCUT2D eigenvalue weighted by molar-refractivity contribution is 6.26. The van der Waals surface area contributed by atoms with Gasteiger partial charge in [-0.25, -0.2) is 0 Å². The van der Waals surface area contributed by atoms with Crippen molar-refractivity contribution in [2.75, 3.05) is 0 Å². The predicted octanol–water partition coefficient (Wildman–Crippen LogP) is 14.5. The Morgan fingerprint density at radius 1 is 0.226 bits per heavy atom. The van der Waals surface area contributed by atoms with Crippen molar-refractivity contribution in [2.24, 2.45) is 0 Å². The van der Waals surface area contributed by atoms with E-state index in [1.165, 1.54) is 0 Å². The van der Waals surface area contributed by atoms with Crippen molar-refractivity contribution in [1.29, 1.82) is 0 Å². The van der Waals surface area contributed by atoms with Crippen molar-refractivity contribution in [2.45, 2.75) is 0 Å². The highest BCUT2D eigenvalue weighted by Crippen LogP contribution is 2.43. The van der Waals surface area contributed by atoms with E-state index in [1.807, 2.05) is 48.5 Å². The summed E-state index contributed by atoms with van der Waals surface area (Å²) in [5.74, 6) is 0. The van der Waals surface area contributed by atoms with E-state index >= 15 is 0 Å². The van der Waals surface area contributed by atoms with E-state index in [0.717, 1.165) is 132 Å². The fourth-order valence-corrected chi connectivity index (χ4v) is 8.62. The third-order valence-electron chi connectivity index (χ3n) is 11.1. The number of rotatable bonds is 2. The van der Waals surface area contributed by atoms with E-state index in [0.29, 0.717) is 0 Å². The van der Waals surface area contributed by atoms with E-state index in [-0.39, 0.29) is 0 Å². The van der Waals surface area contributed by atoms with Crippen LogP contribution in [0.1, 0.15) is 0 Å². The molecule has 5 nitrogen and oxygen atoms in total. The molecule has 0 aliphatic heterocycles. The maximum absolute atomic E-state index is 6.49. The van der Waals surface area contributed by atoms with Crippen LogP contribution >= 0.6 is 0 Å². The first-order chi connectivity index (χ1) is 26.2. The van der Waals surface area contributed by atoms with Crippen molar-refractivity contribution in [3.8, 4) is 22.3 Å². The molecule has 246 valence electrons. The molecule has 13 aromatic rings. The van der Waals surface area contributed by atoms with Crippen molar-refractivity contribution in [3.63, 3.8) is 0 Å². The third-order valence-corrected chi connectivity index (χ3v) is 11.1. The molecule has 5 heterocycles. The van der Waals surface area contributed by atoms with Crippen molar-refractivity contribution >= 4 is 110 Å². The van der Waals surface area contributed by atoms with Crippen molar-refractivity contribution < 1.29 is 22.1 Å². The molecule has 0 aliphatic carbocycles. The molecule has 53 heavy (non-hydrogen) atoms. The fourth-order valence-electron chi connectivity index (χ4n) is 8.62. The quantitative estimate of drug-likeness (QED) is 0.182. The number of para-hydroxylation sites is 2. The predicted molar refractivity (Wildman–Crippen MR) is 214 cm³/mol. The Balaban J connectivity index is 0.957. The van der Waals surface area contributed by atoms with E-state index in [1.54, 1.807) is 0 Å². The van der Waals surface area contributed by atoms with E-state index in [4.69, 9.17) is 22.1 Å². The Kier molecular flexibility index (Phi) is 5.06. The summed E-state index contributed by atoms with van der Waals surface area (Å²) in [7, 11) is 0. The molecule has 0 saturated carbocycles. The lowest BCUT2D eigenvalue weighted by molar-refractivity contribution is 0.662. The zero-order valence-electron chi connectivity index (χ0n) is 27.9. The van der Waals surface area contributed by atoms with Crippen LogP contribution in [-0.4, -0.2) is 0 Å². The second-order valence-corrected chi connectivity index (χ2v) is 14.0. The van der Waals surface area contributed by atoms with Crippen LogP contribution in [0.4, 0.5) is 0 Å². The number of hydrogen-bond acceptors (Lipinski definition) is 5. The van der Waals surface area contributed by atoms with Gasteiger partial charge in [-0.1, -0.05) is 60.7 Å². The molecule has 5 aromatic heterocycles. The highest BCUT2D eigenvalue weighted by atomic mass is 16.4. The van der Waals surface area contributed by atoms with Crippen LogP contribution < -0.4 is 0 Å². The average molecular weight is 681 g/mol. The van der Waals surface area contributed by atoms with Crippen LogP contribution in [0.5, 0.6) is 0 Å². The molecule has 0 unspecified atom stereocenters. The van der Waals surface area contributed by atoms with E-state index < -0.39 is 0 Å². The summed E-state index contributed by atoms with van der Waals surface area (Å²) in [5.41, 5.74) is 13.0. The molecule has 0 fully saturated rings. The Labute approximate surface area is 298 Å². The van der Waals surface area contributed by atoms with Crippen LogP contribution in [-0.2, 0) is 0 Å². The summed E-state index contributed by atoms with van der Waals surface area (Å²) >= 11 is 0. The van der Waals surface area contributed by atoms with Crippen molar-refractivity contribution in [3.05, 3.63) is 146 Å². The summed E-state index contributed by atoms with van der Waals surface area (Å²) in [5, 5.41) is 10.7. The van der Waals surface area contributed by atoms with Gasteiger partial charge in [-0.2, -0.15) is 0 Å². The minimum atomic E-state index is 0.830. The zero-order valence-corrected chi connectivity index (χ0v) is 27.9. The first-order valence-corrected chi connectivity index (χ1v) is 17.7. The summed E-state index contributed by atoms with van der Waals surface area (Å²) in [4.78, 5) is 0. The molecular weight excluding hydrogens is 657 g/mol. The minimum Gasteiger partial charge on any atom is -0.456 e. The van der Waals surface area contributed by atoms with Gasteiger partial charge in [0.1, 0.15) is 55.8 Å². The van der Waals surface area contributed by atoms with E-state index in [9.17, 15) is 0 Å². The molecule has 0 aliphatic rings. The lowest BCUT2D eigenvalue weighted by Crippen LogP contribution is -1.80. The summed E-state index contributed by atoms with van der Waals surface area (Å²) < 4.78 is 31.6. The molecule has 8 aromatic carbocycles. The molecule has 0 atom stereocenters. The highest BCUT2D eigenvalue weighted by Gasteiger charge is 2.19. The first-order valence-electron chi connectivity index (χ1n) is 17.7. The second kappa shape index (κ2) is 9.75. The maximum Gasteiger partial charge on any atom is 0.147 e. The monoisotopic (exact) mass is 680 g/mol. The van der Waals surface area contributed by atoms with Crippen molar-refractivity contribution in [1.82, 2.24) is 0 Å². The standard InChI is InChI=1S/C48H24O5/c1-3-7-36-30(5-1)45-42(50-36)19-20-43-46(45)35-24-28(12-17-41(35)52-43)27-10-15-39-34(23-27)33-22-26(9-14-38(33)49-39)25-11-16-40-32(21-25)29-13-18-44-47(48(29)53-40)31-6-2-4-8-37(31)51-44/h1-24H. The van der Waals surface area contributed by atoms with Gasteiger partial charge in [-0.3, -0.25) is 0 Å². The number of benzene rings is 8. The van der Waals surface area contributed by atoms with Crippen LogP contribution in [0, 0.1) is 0 Å². The SMILES string of the molecule is c1ccc2c(c1)oc1ccc3c4cc(-c5ccc6oc7ccc(-c8ccc9oc%10ccc%11oc%12ccccc%12c%11c%10c9c8)cc7c6c5)ccc4oc3c12. The number of hydrogen-bond donors (Lipinski definition) is 0. The molecule has 0 bridgehead atoms. The van der Waals surface area contributed by atoms with Gasteiger partial charge in [0, 0.05) is 48.5 Å². The molecule has 0 saturated heterocycles. The van der Waals surface area contributed by atoms with Crippen LogP contribution in [0.2, 0.25) is 0 Å². The second-order valence-electron chi connectivity index (χ2n) is 14.0. The van der Waals surface area contributed by atoms with Crippen LogP contribution in [0.15, 0.2) is 168 Å². The normalized spacial score (nSPS) is 12.5. The largest absolute Gasteiger partial charge is 0.456 e. The van der Waals surface area contributed by atoms with Gasteiger partial charge >= 0.3 is 0 Å². The molecule has 0 spiro atoms. The van der Waals surface area contributed by atoms with E-state index in [2.05, 4.69) is 97.1 Å². The van der Waals surface area contributed by atoms with Gasteiger partial charge in [0.05, 0.1) is 5.39 Å². The third kappa shape index (κ3) is 3.70. The maximum atomic E-state index is 6.49. The number of furan rings is 5. The number of fused-ring (bicyclic) bond motifs is 17. The van der Waals surface area contributed by atoms with Gasteiger partial charge < -0.3 is 22.1 Å². The summed E-state index contributed by atoms with van der Waals surface area (Å²) in [6.45, 7) is 0. The Morgan fingerprint density at radius 3 is 1.17 bits per heavy atom. The van der Waals surface area contributed by atoms with Gasteiger partial charge in [0.15, 0.2) is 0 Å². The molecule has 0 radical (unpaired) electrons. The molecule has 0 N–H and O–H groups in total. The average Bonchev–Trinajstić information content (AvgIpc) is 4.02. The Morgan fingerprint density at radius 2 is 0.585 bits per heavy atom. The molecule has 13 rings (SSSR count). The van der Waals surface area contributed by atoms with Crippen LogP contribution in [0.3, 0.4) is 0 Å². The van der Waals surface area contributed by atoms with Gasteiger partial charge in [-0.05, 0) is 107 Å². The topological polar surface area (TPSA) is 65.7 Å². The van der Waals surface area contributed by atoms with Gasteiger partial charge in [-0.15, -0.1) is 0 Å². The molecule has 5 heteroatoms. The zero-order chi connectivity index (χ0) is 34.4.